The van der Waals surface area contributed by atoms with Crippen LogP contribution in [0.1, 0.15) is 39.2 Å². The van der Waals surface area contributed by atoms with E-state index in [1.165, 1.54) is 0 Å². The molecule has 0 spiro atoms. The molecule has 0 radical (unpaired) electrons. The average molecular weight is 280 g/mol. The fraction of sp³-hybridized carbons (Fsp3) is 0.533. The Balaban J connectivity index is 3.13. The van der Waals surface area contributed by atoms with Crippen molar-refractivity contribution in [3.05, 3.63) is 29.8 Å². The van der Waals surface area contributed by atoms with Gasteiger partial charge in [-0.05, 0) is 31.1 Å². The maximum Gasteiger partial charge on any atom is 0.310 e. The standard InChI is InChI=1S/C15H24O3Si/c1-11(14(16)17)12-9-7-8-10-13(12)18-19(5,6)15(2,3)4/h7-11H,1-6H3,(H,16,17). The Labute approximate surface area is 116 Å². The van der Waals surface area contributed by atoms with Crippen LogP contribution < -0.4 is 4.43 Å². The van der Waals surface area contributed by atoms with Crippen molar-refractivity contribution in [1.82, 2.24) is 0 Å². The zero-order chi connectivity index (χ0) is 14.8. The maximum atomic E-state index is 11.2. The first-order valence-corrected chi connectivity index (χ1v) is 9.48. The SMILES string of the molecule is CC(C(=O)O)c1ccccc1O[Si](C)(C)C(C)(C)C. The normalized spacial score (nSPS) is 14.0. The van der Waals surface area contributed by atoms with Gasteiger partial charge in [-0.1, -0.05) is 39.0 Å². The summed E-state index contributed by atoms with van der Waals surface area (Å²) in [5, 5.41) is 9.26. The summed E-state index contributed by atoms with van der Waals surface area (Å²) in [5.74, 6) is -0.670. The number of aliphatic carboxylic acids is 1. The van der Waals surface area contributed by atoms with E-state index in [-0.39, 0.29) is 5.04 Å². The summed E-state index contributed by atoms with van der Waals surface area (Å²) in [6.45, 7) is 12.5. The van der Waals surface area contributed by atoms with Crippen LogP contribution in [-0.2, 0) is 4.79 Å². The van der Waals surface area contributed by atoms with E-state index in [4.69, 9.17) is 4.43 Å². The van der Waals surface area contributed by atoms with Crippen LogP contribution in [0.25, 0.3) is 0 Å². The Kier molecular flexibility index (Phi) is 4.45. The lowest BCUT2D eigenvalue weighted by atomic mass is 10.0. The number of hydrogen-bond acceptors (Lipinski definition) is 2. The zero-order valence-corrected chi connectivity index (χ0v) is 13.7. The van der Waals surface area contributed by atoms with Crippen LogP contribution in [0.3, 0.4) is 0 Å². The van der Waals surface area contributed by atoms with Crippen LogP contribution in [0.4, 0.5) is 0 Å². The zero-order valence-electron chi connectivity index (χ0n) is 12.7. The number of carboxylic acid groups (broad SMARTS) is 1. The molecule has 0 saturated heterocycles. The lowest BCUT2D eigenvalue weighted by Gasteiger charge is -2.37. The molecule has 0 amide bonds. The van der Waals surface area contributed by atoms with E-state index in [0.29, 0.717) is 5.75 Å². The number of para-hydroxylation sites is 1. The maximum absolute atomic E-state index is 11.2. The number of carboxylic acids is 1. The molecule has 1 atom stereocenters. The molecule has 0 fully saturated rings. The summed E-state index contributed by atoms with van der Waals surface area (Å²) < 4.78 is 6.24. The number of hydrogen-bond donors (Lipinski definition) is 1. The summed E-state index contributed by atoms with van der Waals surface area (Å²) >= 11 is 0. The van der Waals surface area contributed by atoms with E-state index in [1.54, 1.807) is 6.92 Å². The summed E-state index contributed by atoms with van der Waals surface area (Å²) in [6.07, 6.45) is 0. The molecule has 19 heavy (non-hydrogen) atoms. The Bertz CT molecular complexity index is 461. The van der Waals surface area contributed by atoms with E-state index < -0.39 is 20.2 Å². The van der Waals surface area contributed by atoms with Crippen molar-refractivity contribution in [2.75, 3.05) is 0 Å². The molecule has 0 aliphatic rings. The van der Waals surface area contributed by atoms with Crippen molar-refractivity contribution in [2.24, 2.45) is 0 Å². The highest BCUT2D eigenvalue weighted by atomic mass is 28.4. The molecule has 106 valence electrons. The molecule has 1 aromatic rings. The highest BCUT2D eigenvalue weighted by Gasteiger charge is 2.39. The van der Waals surface area contributed by atoms with Crippen molar-refractivity contribution in [3.8, 4) is 5.75 Å². The molecule has 0 aliphatic carbocycles. The third kappa shape index (κ3) is 3.59. The van der Waals surface area contributed by atoms with Crippen LogP contribution >= 0.6 is 0 Å². The van der Waals surface area contributed by atoms with Gasteiger partial charge in [0.25, 0.3) is 0 Å². The van der Waals surface area contributed by atoms with Crippen molar-refractivity contribution >= 4 is 14.3 Å². The van der Waals surface area contributed by atoms with Gasteiger partial charge in [0, 0.05) is 5.56 Å². The quantitative estimate of drug-likeness (QED) is 0.838. The van der Waals surface area contributed by atoms with Crippen LogP contribution in [0.2, 0.25) is 18.1 Å². The molecule has 1 aromatic carbocycles. The van der Waals surface area contributed by atoms with Crippen molar-refractivity contribution in [3.63, 3.8) is 0 Å². The number of rotatable bonds is 4. The van der Waals surface area contributed by atoms with Gasteiger partial charge in [0.05, 0.1) is 5.92 Å². The second kappa shape index (κ2) is 5.37. The fourth-order valence-electron chi connectivity index (χ4n) is 1.49. The van der Waals surface area contributed by atoms with Gasteiger partial charge in [0.1, 0.15) is 5.75 Å². The number of benzene rings is 1. The molecule has 0 bridgehead atoms. The van der Waals surface area contributed by atoms with E-state index in [2.05, 4.69) is 33.9 Å². The van der Waals surface area contributed by atoms with E-state index in [9.17, 15) is 9.90 Å². The third-order valence-electron chi connectivity index (χ3n) is 3.93. The molecule has 1 N–H and O–H groups in total. The monoisotopic (exact) mass is 280 g/mol. The van der Waals surface area contributed by atoms with Crippen LogP contribution in [0.5, 0.6) is 5.75 Å². The van der Waals surface area contributed by atoms with Gasteiger partial charge in [0.15, 0.2) is 0 Å². The summed E-state index contributed by atoms with van der Waals surface area (Å²) in [6, 6.07) is 7.45. The van der Waals surface area contributed by atoms with E-state index in [1.807, 2.05) is 24.3 Å². The van der Waals surface area contributed by atoms with Gasteiger partial charge < -0.3 is 9.53 Å². The fourth-order valence-corrected chi connectivity index (χ4v) is 2.53. The Hall–Kier alpha value is -1.29. The molecule has 4 heteroatoms. The van der Waals surface area contributed by atoms with Gasteiger partial charge in [-0.2, -0.15) is 0 Å². The van der Waals surface area contributed by atoms with E-state index >= 15 is 0 Å². The first-order chi connectivity index (χ1) is 8.56. The highest BCUT2D eigenvalue weighted by molar-refractivity contribution is 6.74. The highest BCUT2D eigenvalue weighted by Crippen LogP contribution is 2.39. The van der Waals surface area contributed by atoms with Crippen LogP contribution in [0.15, 0.2) is 24.3 Å². The predicted octanol–water partition coefficient (Wildman–Crippen LogP) is 4.26. The minimum atomic E-state index is -1.95. The third-order valence-corrected chi connectivity index (χ3v) is 8.27. The molecule has 3 nitrogen and oxygen atoms in total. The Morgan fingerprint density at radius 2 is 1.79 bits per heavy atom. The molecule has 0 heterocycles. The van der Waals surface area contributed by atoms with Crippen molar-refractivity contribution in [1.29, 1.82) is 0 Å². The lowest BCUT2D eigenvalue weighted by Crippen LogP contribution is -2.44. The molecule has 1 rings (SSSR count). The minimum Gasteiger partial charge on any atom is -0.543 e. The largest absolute Gasteiger partial charge is 0.543 e. The second-order valence-electron chi connectivity index (χ2n) is 6.46. The van der Waals surface area contributed by atoms with Crippen molar-refractivity contribution in [2.45, 2.75) is 51.7 Å². The molecule has 1 unspecified atom stereocenters. The first-order valence-electron chi connectivity index (χ1n) is 6.57. The van der Waals surface area contributed by atoms with Crippen LogP contribution in [-0.4, -0.2) is 19.4 Å². The second-order valence-corrected chi connectivity index (χ2v) is 11.2. The van der Waals surface area contributed by atoms with Gasteiger partial charge in [0.2, 0.25) is 8.32 Å². The topological polar surface area (TPSA) is 46.5 Å². The summed E-state index contributed by atoms with van der Waals surface area (Å²) in [7, 11) is -1.95. The predicted molar refractivity (Wildman–Crippen MR) is 80.3 cm³/mol. The summed E-state index contributed by atoms with van der Waals surface area (Å²) in [4.78, 5) is 11.2. The molecule has 0 aliphatic heterocycles. The Morgan fingerprint density at radius 1 is 1.26 bits per heavy atom. The molecule has 0 saturated carbocycles. The van der Waals surface area contributed by atoms with Gasteiger partial charge >= 0.3 is 5.97 Å². The van der Waals surface area contributed by atoms with Crippen LogP contribution in [0, 0.1) is 0 Å². The van der Waals surface area contributed by atoms with Gasteiger partial charge in [-0.15, -0.1) is 0 Å². The number of carbonyl (C=O) groups is 1. The summed E-state index contributed by atoms with van der Waals surface area (Å²) in [5.41, 5.74) is 0.750. The van der Waals surface area contributed by atoms with Gasteiger partial charge in [-0.3, -0.25) is 4.79 Å². The molecular weight excluding hydrogens is 256 g/mol. The average Bonchev–Trinajstić information content (AvgIpc) is 2.26. The van der Waals surface area contributed by atoms with E-state index in [0.717, 1.165) is 5.56 Å². The minimum absolute atomic E-state index is 0.0899. The van der Waals surface area contributed by atoms with Crippen molar-refractivity contribution < 1.29 is 14.3 Å². The first kappa shape index (κ1) is 15.8. The smallest absolute Gasteiger partial charge is 0.310 e. The Morgan fingerprint density at radius 3 is 2.26 bits per heavy atom. The molecule has 0 aromatic heterocycles. The van der Waals surface area contributed by atoms with Gasteiger partial charge in [-0.25, -0.2) is 0 Å². The lowest BCUT2D eigenvalue weighted by molar-refractivity contribution is -0.138. The molecular formula is C15H24O3Si.